The third-order valence-electron chi connectivity index (χ3n) is 2.59. The number of hydrogen-bond acceptors (Lipinski definition) is 4. The van der Waals surface area contributed by atoms with Gasteiger partial charge >= 0.3 is 12.1 Å². The van der Waals surface area contributed by atoms with E-state index in [0.29, 0.717) is 0 Å². The first-order valence-corrected chi connectivity index (χ1v) is 5.77. The highest BCUT2D eigenvalue weighted by atomic mass is 19.4. The molecular weight excluding hydrogens is 277 g/mol. The fraction of sp³-hybridized carbons (Fsp3) is 0.385. The minimum atomic E-state index is -5.30. The van der Waals surface area contributed by atoms with Crippen molar-refractivity contribution in [2.24, 2.45) is 0 Å². The molecule has 0 bridgehead atoms. The van der Waals surface area contributed by atoms with Crippen molar-refractivity contribution in [2.45, 2.75) is 25.1 Å². The molecule has 0 aliphatic rings. The van der Waals surface area contributed by atoms with Crippen molar-refractivity contribution in [2.75, 3.05) is 6.61 Å². The number of rotatable bonds is 5. The largest absolute Gasteiger partial charge is 0.464 e. The highest BCUT2D eigenvalue weighted by Crippen LogP contribution is 2.35. The maximum Gasteiger partial charge on any atom is 0.428 e. The summed E-state index contributed by atoms with van der Waals surface area (Å²) in [6.45, 7) is 0.963. The zero-order valence-electron chi connectivity index (χ0n) is 10.6. The molecule has 0 saturated carbocycles. The number of alkyl halides is 3. The van der Waals surface area contributed by atoms with Gasteiger partial charge in [0.25, 0.3) is 5.60 Å². The SMILES string of the molecule is CCOC(=O)[C@@](O)(CC(=O)c1ccccc1)C(F)(F)F. The molecule has 0 aromatic heterocycles. The monoisotopic (exact) mass is 290 g/mol. The van der Waals surface area contributed by atoms with E-state index in [1.54, 1.807) is 6.07 Å². The van der Waals surface area contributed by atoms with Gasteiger partial charge in [0.15, 0.2) is 5.78 Å². The maximum absolute atomic E-state index is 12.9. The van der Waals surface area contributed by atoms with E-state index in [4.69, 9.17) is 0 Å². The van der Waals surface area contributed by atoms with E-state index in [1.165, 1.54) is 31.2 Å². The Balaban J connectivity index is 3.03. The summed E-state index contributed by atoms with van der Waals surface area (Å²) in [7, 11) is 0. The Morgan fingerprint density at radius 3 is 2.20 bits per heavy atom. The van der Waals surface area contributed by atoms with Crippen LogP contribution in [0.2, 0.25) is 0 Å². The van der Waals surface area contributed by atoms with Crippen LogP contribution < -0.4 is 0 Å². The van der Waals surface area contributed by atoms with Crippen LogP contribution in [0.4, 0.5) is 13.2 Å². The summed E-state index contributed by atoms with van der Waals surface area (Å²) in [5.74, 6) is -2.88. The first-order valence-electron chi connectivity index (χ1n) is 5.77. The normalized spacial score (nSPS) is 14.4. The Morgan fingerprint density at radius 1 is 1.20 bits per heavy atom. The summed E-state index contributed by atoms with van der Waals surface area (Å²) in [6, 6.07) is 7.10. The van der Waals surface area contributed by atoms with Gasteiger partial charge in [-0.25, -0.2) is 4.79 Å². The van der Waals surface area contributed by atoms with Crippen LogP contribution in [0.3, 0.4) is 0 Å². The highest BCUT2D eigenvalue weighted by molar-refractivity contribution is 6.00. The zero-order valence-corrected chi connectivity index (χ0v) is 10.6. The van der Waals surface area contributed by atoms with E-state index >= 15 is 0 Å². The summed E-state index contributed by atoms with van der Waals surface area (Å²) >= 11 is 0. The molecule has 0 fully saturated rings. The Morgan fingerprint density at radius 2 is 1.75 bits per heavy atom. The second kappa shape index (κ2) is 6.04. The first-order chi connectivity index (χ1) is 9.22. The van der Waals surface area contributed by atoms with Gasteiger partial charge < -0.3 is 9.84 Å². The fourth-order valence-electron chi connectivity index (χ4n) is 1.50. The molecule has 1 aromatic carbocycles. The van der Waals surface area contributed by atoms with E-state index in [9.17, 15) is 27.9 Å². The standard InChI is InChI=1S/C13H13F3O4/c1-2-20-11(18)12(19,13(14,15)16)8-10(17)9-6-4-3-5-7-9/h3-7,19H,2,8H2,1H3/t12-/m0/s1. The number of hydrogen-bond donors (Lipinski definition) is 1. The molecule has 0 aliphatic carbocycles. The molecule has 0 radical (unpaired) electrons. The van der Waals surface area contributed by atoms with Crippen molar-refractivity contribution >= 4 is 11.8 Å². The smallest absolute Gasteiger partial charge is 0.428 e. The van der Waals surface area contributed by atoms with Crippen molar-refractivity contribution in [1.29, 1.82) is 0 Å². The quantitative estimate of drug-likeness (QED) is 0.666. The van der Waals surface area contributed by atoms with Crippen LogP contribution in [-0.2, 0) is 9.53 Å². The van der Waals surface area contributed by atoms with Gasteiger partial charge in [0.1, 0.15) is 0 Å². The second-order valence-electron chi connectivity index (χ2n) is 4.04. The number of esters is 1. The fourth-order valence-corrected chi connectivity index (χ4v) is 1.50. The summed E-state index contributed by atoms with van der Waals surface area (Å²) in [5.41, 5.74) is -3.87. The molecule has 0 heterocycles. The van der Waals surface area contributed by atoms with E-state index in [-0.39, 0.29) is 12.2 Å². The lowest BCUT2D eigenvalue weighted by atomic mass is 9.93. The average molecular weight is 290 g/mol. The topological polar surface area (TPSA) is 63.6 Å². The summed E-state index contributed by atoms with van der Waals surface area (Å²) in [5, 5.41) is 9.56. The Labute approximate surface area is 113 Å². The van der Waals surface area contributed by atoms with Crippen LogP contribution in [0.5, 0.6) is 0 Å². The summed E-state index contributed by atoms with van der Waals surface area (Å²) in [6.07, 6.45) is -6.72. The van der Waals surface area contributed by atoms with E-state index in [0.717, 1.165) is 0 Å². The van der Waals surface area contributed by atoms with Crippen molar-refractivity contribution in [3.63, 3.8) is 0 Å². The van der Waals surface area contributed by atoms with Gasteiger partial charge in [-0.2, -0.15) is 13.2 Å². The van der Waals surface area contributed by atoms with Crippen LogP contribution in [-0.4, -0.2) is 35.2 Å². The predicted molar refractivity (Wildman–Crippen MR) is 63.0 cm³/mol. The van der Waals surface area contributed by atoms with Crippen LogP contribution in [0, 0.1) is 0 Å². The van der Waals surface area contributed by atoms with Gasteiger partial charge in [0.2, 0.25) is 0 Å². The summed E-state index contributed by atoms with van der Waals surface area (Å²) in [4.78, 5) is 23.1. The molecule has 7 heteroatoms. The Kier molecular flexibility index (Phi) is 4.88. The first kappa shape index (κ1) is 16.2. The lowest BCUT2D eigenvalue weighted by Gasteiger charge is -2.27. The summed E-state index contributed by atoms with van der Waals surface area (Å²) < 4.78 is 42.8. The number of halogens is 3. The van der Waals surface area contributed by atoms with Gasteiger partial charge in [0, 0.05) is 5.56 Å². The molecule has 1 N–H and O–H groups in total. The molecule has 0 saturated heterocycles. The zero-order chi connectivity index (χ0) is 15.4. The van der Waals surface area contributed by atoms with Gasteiger partial charge in [-0.3, -0.25) is 4.79 Å². The average Bonchev–Trinajstić information content (AvgIpc) is 2.38. The third-order valence-corrected chi connectivity index (χ3v) is 2.59. The molecular formula is C13H13F3O4. The number of carbonyl (C=O) groups is 2. The molecule has 1 rings (SSSR count). The molecule has 0 unspecified atom stereocenters. The molecule has 0 aliphatic heterocycles. The minimum absolute atomic E-state index is 0.0283. The number of ether oxygens (including phenoxy) is 1. The van der Waals surface area contributed by atoms with Crippen molar-refractivity contribution in [3.05, 3.63) is 35.9 Å². The van der Waals surface area contributed by atoms with E-state index in [2.05, 4.69) is 4.74 Å². The number of aliphatic hydroxyl groups is 1. The molecule has 1 aromatic rings. The van der Waals surface area contributed by atoms with Gasteiger partial charge in [-0.1, -0.05) is 30.3 Å². The number of carbonyl (C=O) groups excluding carboxylic acids is 2. The Hall–Kier alpha value is -1.89. The Bertz CT molecular complexity index is 484. The number of ketones is 1. The predicted octanol–water partition coefficient (Wildman–Crippen LogP) is 2.12. The van der Waals surface area contributed by atoms with E-state index < -0.39 is 30.0 Å². The molecule has 0 amide bonds. The molecule has 20 heavy (non-hydrogen) atoms. The van der Waals surface area contributed by atoms with E-state index in [1.807, 2.05) is 0 Å². The van der Waals surface area contributed by atoms with Crippen LogP contribution in [0.1, 0.15) is 23.7 Å². The van der Waals surface area contributed by atoms with Crippen molar-refractivity contribution < 1.29 is 32.6 Å². The number of benzene rings is 1. The van der Waals surface area contributed by atoms with Gasteiger partial charge in [-0.05, 0) is 6.92 Å². The van der Waals surface area contributed by atoms with Gasteiger partial charge in [-0.15, -0.1) is 0 Å². The van der Waals surface area contributed by atoms with Crippen LogP contribution >= 0.6 is 0 Å². The lowest BCUT2D eigenvalue weighted by molar-refractivity contribution is -0.261. The molecule has 0 spiro atoms. The second-order valence-corrected chi connectivity index (χ2v) is 4.04. The van der Waals surface area contributed by atoms with Gasteiger partial charge in [0.05, 0.1) is 13.0 Å². The lowest BCUT2D eigenvalue weighted by Crippen LogP contribution is -2.54. The molecule has 1 atom stereocenters. The van der Waals surface area contributed by atoms with Crippen LogP contribution in [0.15, 0.2) is 30.3 Å². The minimum Gasteiger partial charge on any atom is -0.464 e. The van der Waals surface area contributed by atoms with Crippen molar-refractivity contribution in [3.8, 4) is 0 Å². The molecule has 4 nitrogen and oxygen atoms in total. The maximum atomic E-state index is 12.9. The van der Waals surface area contributed by atoms with Crippen LogP contribution in [0.25, 0.3) is 0 Å². The number of Topliss-reactive ketones (excluding diaryl/α,β-unsaturated/α-hetero) is 1. The highest BCUT2D eigenvalue weighted by Gasteiger charge is 2.61. The van der Waals surface area contributed by atoms with Crippen molar-refractivity contribution in [1.82, 2.24) is 0 Å². The molecule has 110 valence electrons. The third kappa shape index (κ3) is 3.36.